The second-order valence-corrected chi connectivity index (χ2v) is 7.23. The summed E-state index contributed by atoms with van der Waals surface area (Å²) in [5.41, 5.74) is 4.90. The molecule has 1 aromatic heterocycles. The number of pyridine rings is 1. The van der Waals surface area contributed by atoms with E-state index in [1.165, 1.54) is 6.92 Å². The minimum Gasteiger partial charge on any atom is -0.497 e. The van der Waals surface area contributed by atoms with E-state index >= 15 is 0 Å². The van der Waals surface area contributed by atoms with Crippen molar-refractivity contribution < 1.29 is 14.3 Å². The van der Waals surface area contributed by atoms with Gasteiger partial charge in [-0.25, -0.2) is 4.98 Å². The second kappa shape index (κ2) is 6.81. The summed E-state index contributed by atoms with van der Waals surface area (Å²) in [6, 6.07) is 20.4. The number of Topliss-reactive ketones (excluding diaryl/α,β-unsaturated/α-hetero) is 1. The second-order valence-electron chi connectivity index (χ2n) is 7.23. The van der Waals surface area contributed by atoms with Gasteiger partial charge in [0.25, 0.3) is 0 Å². The lowest BCUT2D eigenvalue weighted by atomic mass is 10.0. The van der Waals surface area contributed by atoms with Gasteiger partial charge in [-0.05, 0) is 48.9 Å². The molecule has 146 valence electrons. The Balaban J connectivity index is 1.75. The van der Waals surface area contributed by atoms with E-state index in [4.69, 9.17) is 9.72 Å². The first-order valence-electron chi connectivity index (χ1n) is 9.60. The van der Waals surface area contributed by atoms with Crippen molar-refractivity contribution in [3.8, 4) is 16.9 Å². The molecule has 5 rings (SSSR count). The van der Waals surface area contributed by atoms with Gasteiger partial charge in [-0.3, -0.25) is 9.59 Å². The van der Waals surface area contributed by atoms with Gasteiger partial charge in [-0.1, -0.05) is 30.3 Å². The number of carbonyl (C=O) groups excluding carboxylic acids is 2. The molecule has 1 heterocycles. The quantitative estimate of drug-likeness (QED) is 0.413. The van der Waals surface area contributed by atoms with E-state index in [-0.39, 0.29) is 11.6 Å². The fourth-order valence-electron chi connectivity index (χ4n) is 3.94. The summed E-state index contributed by atoms with van der Waals surface area (Å²) in [4.78, 5) is 30.0. The van der Waals surface area contributed by atoms with Crippen LogP contribution in [0.5, 0.6) is 5.75 Å². The Morgan fingerprint density at radius 3 is 2.57 bits per heavy atom. The third kappa shape index (κ3) is 2.75. The number of carbonyl (C=O) groups is 2. The maximum absolute atomic E-state index is 13.4. The Bertz CT molecular complexity index is 1360. The Kier molecular flexibility index (Phi) is 4.10. The molecule has 3 aromatic carbocycles. The molecule has 0 radical (unpaired) electrons. The number of ether oxygens (including phenoxy) is 1. The summed E-state index contributed by atoms with van der Waals surface area (Å²) < 4.78 is 5.32. The molecule has 0 saturated carbocycles. The fourth-order valence-corrected chi connectivity index (χ4v) is 3.94. The van der Waals surface area contributed by atoms with Gasteiger partial charge in [0.1, 0.15) is 11.6 Å². The van der Waals surface area contributed by atoms with E-state index in [0.717, 1.165) is 27.7 Å². The molecule has 0 spiro atoms. The Morgan fingerprint density at radius 2 is 1.77 bits per heavy atom. The zero-order valence-electron chi connectivity index (χ0n) is 16.5. The number of methoxy groups -OCH3 is 1. The molecular weight excluding hydrogens is 376 g/mol. The molecule has 0 aliphatic heterocycles. The molecule has 0 bridgehead atoms. The normalized spacial score (nSPS) is 11.9. The van der Waals surface area contributed by atoms with E-state index < -0.39 is 0 Å². The molecule has 1 aliphatic carbocycles. The average Bonchev–Trinajstić information content (AvgIpc) is 3.06. The van der Waals surface area contributed by atoms with Crippen LogP contribution in [0.3, 0.4) is 0 Å². The lowest BCUT2D eigenvalue weighted by molar-refractivity contribution is 0.101. The van der Waals surface area contributed by atoms with Crippen LogP contribution >= 0.6 is 0 Å². The highest BCUT2D eigenvalue weighted by Gasteiger charge is 2.32. The number of nitrogens with zero attached hydrogens (tertiary/aromatic N) is 1. The molecule has 5 nitrogen and oxygen atoms in total. The molecule has 4 aromatic rings. The standard InChI is InChI=1S/C25H18N2O3/c1-14(28)15-6-5-7-16(12-15)26-25-23-18-11-10-17(30-2)13-20(18)24(29)22(23)19-8-3-4-9-21(19)27-25/h3-13H,1-2H3,(H,26,27). The van der Waals surface area contributed by atoms with Gasteiger partial charge in [-0.2, -0.15) is 0 Å². The topological polar surface area (TPSA) is 68.3 Å². The SMILES string of the molecule is COc1ccc2c(c1)C(=O)c1c-2c(Nc2cccc(C(C)=O)c2)nc2ccccc12. The number of fused-ring (bicyclic) bond motifs is 5. The zero-order chi connectivity index (χ0) is 20.8. The molecule has 0 unspecified atom stereocenters. The van der Waals surface area contributed by atoms with E-state index in [2.05, 4.69) is 5.32 Å². The number of anilines is 2. The van der Waals surface area contributed by atoms with Gasteiger partial charge >= 0.3 is 0 Å². The van der Waals surface area contributed by atoms with Crippen molar-refractivity contribution in [1.82, 2.24) is 4.98 Å². The van der Waals surface area contributed by atoms with Gasteiger partial charge in [0.2, 0.25) is 0 Å². The Hall–Kier alpha value is -3.99. The van der Waals surface area contributed by atoms with Crippen LogP contribution in [0.25, 0.3) is 22.0 Å². The zero-order valence-corrected chi connectivity index (χ0v) is 16.5. The maximum Gasteiger partial charge on any atom is 0.195 e. The van der Waals surface area contributed by atoms with Gasteiger partial charge < -0.3 is 10.1 Å². The number of aromatic nitrogens is 1. The largest absolute Gasteiger partial charge is 0.497 e. The van der Waals surface area contributed by atoms with Crippen LogP contribution in [0.15, 0.2) is 66.7 Å². The van der Waals surface area contributed by atoms with Crippen LogP contribution in [0.2, 0.25) is 0 Å². The number of rotatable bonds is 4. The summed E-state index contributed by atoms with van der Waals surface area (Å²) >= 11 is 0. The van der Waals surface area contributed by atoms with Crippen molar-refractivity contribution in [3.63, 3.8) is 0 Å². The third-order valence-corrected chi connectivity index (χ3v) is 5.39. The van der Waals surface area contributed by atoms with Crippen molar-refractivity contribution in [2.75, 3.05) is 12.4 Å². The monoisotopic (exact) mass is 394 g/mol. The molecule has 1 N–H and O–H groups in total. The van der Waals surface area contributed by atoms with Crippen LogP contribution < -0.4 is 10.1 Å². The first kappa shape index (κ1) is 18.1. The summed E-state index contributed by atoms with van der Waals surface area (Å²) in [5, 5.41) is 4.15. The van der Waals surface area contributed by atoms with E-state index in [1.807, 2.05) is 48.5 Å². The number of para-hydroxylation sites is 1. The minimum absolute atomic E-state index is 0.0111. The molecule has 0 fully saturated rings. The highest BCUT2D eigenvalue weighted by atomic mass is 16.5. The smallest absolute Gasteiger partial charge is 0.195 e. The van der Waals surface area contributed by atoms with Gasteiger partial charge in [0.05, 0.1) is 12.6 Å². The average molecular weight is 394 g/mol. The summed E-state index contributed by atoms with van der Waals surface area (Å²) in [6.07, 6.45) is 0. The predicted molar refractivity (Wildman–Crippen MR) is 117 cm³/mol. The highest BCUT2D eigenvalue weighted by molar-refractivity contribution is 6.28. The lowest BCUT2D eigenvalue weighted by Gasteiger charge is -2.14. The number of hydrogen-bond acceptors (Lipinski definition) is 5. The van der Waals surface area contributed by atoms with Crippen LogP contribution in [0, 0.1) is 0 Å². The molecule has 0 saturated heterocycles. The molecule has 0 atom stereocenters. The van der Waals surface area contributed by atoms with E-state index in [0.29, 0.717) is 28.3 Å². The first-order valence-corrected chi connectivity index (χ1v) is 9.60. The minimum atomic E-state index is -0.0435. The van der Waals surface area contributed by atoms with Crippen molar-refractivity contribution in [2.24, 2.45) is 0 Å². The van der Waals surface area contributed by atoms with Crippen molar-refractivity contribution in [3.05, 3.63) is 83.4 Å². The van der Waals surface area contributed by atoms with Gasteiger partial charge in [0.15, 0.2) is 11.6 Å². The van der Waals surface area contributed by atoms with Crippen molar-refractivity contribution in [1.29, 1.82) is 0 Å². The third-order valence-electron chi connectivity index (χ3n) is 5.39. The molecular formula is C25H18N2O3. The number of hydrogen-bond donors (Lipinski definition) is 1. The van der Waals surface area contributed by atoms with E-state index in [1.54, 1.807) is 25.3 Å². The number of nitrogens with one attached hydrogen (secondary N) is 1. The van der Waals surface area contributed by atoms with Crippen LogP contribution in [0.1, 0.15) is 33.2 Å². The number of benzene rings is 3. The Labute approximate surface area is 173 Å². The number of ketones is 2. The molecule has 5 heteroatoms. The van der Waals surface area contributed by atoms with Crippen molar-refractivity contribution in [2.45, 2.75) is 6.92 Å². The highest BCUT2D eigenvalue weighted by Crippen LogP contribution is 2.45. The van der Waals surface area contributed by atoms with Gasteiger partial charge in [0, 0.05) is 33.3 Å². The van der Waals surface area contributed by atoms with Crippen molar-refractivity contribution >= 4 is 34.0 Å². The summed E-state index contributed by atoms with van der Waals surface area (Å²) in [5.74, 6) is 1.17. The van der Waals surface area contributed by atoms with E-state index in [9.17, 15) is 9.59 Å². The first-order chi connectivity index (χ1) is 14.6. The summed E-state index contributed by atoms with van der Waals surface area (Å²) in [6.45, 7) is 1.54. The molecule has 30 heavy (non-hydrogen) atoms. The molecule has 1 aliphatic rings. The van der Waals surface area contributed by atoms with Crippen LogP contribution in [0.4, 0.5) is 11.5 Å². The van der Waals surface area contributed by atoms with Gasteiger partial charge in [-0.15, -0.1) is 0 Å². The van der Waals surface area contributed by atoms with Crippen LogP contribution in [-0.2, 0) is 0 Å². The Morgan fingerprint density at radius 1 is 0.933 bits per heavy atom. The maximum atomic E-state index is 13.4. The fraction of sp³-hybridized carbons (Fsp3) is 0.0800. The van der Waals surface area contributed by atoms with Crippen LogP contribution in [-0.4, -0.2) is 23.7 Å². The predicted octanol–water partition coefficient (Wildman–Crippen LogP) is 5.40. The summed E-state index contributed by atoms with van der Waals surface area (Å²) in [7, 11) is 1.58. The molecule has 0 amide bonds. The lowest BCUT2D eigenvalue weighted by Crippen LogP contribution is -2.02.